The Morgan fingerprint density at radius 1 is 1.47 bits per heavy atom. The number of rotatable bonds is 3. The molecule has 4 heteroatoms. The fourth-order valence-corrected chi connectivity index (χ4v) is 2.10. The second kappa shape index (κ2) is 4.89. The van der Waals surface area contributed by atoms with Crippen LogP contribution in [0.5, 0.6) is 0 Å². The minimum atomic E-state index is 0.0680. The molecule has 0 saturated heterocycles. The van der Waals surface area contributed by atoms with Crippen molar-refractivity contribution in [2.75, 3.05) is 0 Å². The van der Waals surface area contributed by atoms with Crippen LogP contribution in [0.1, 0.15) is 34.2 Å². The highest BCUT2D eigenvalue weighted by Crippen LogP contribution is 2.24. The van der Waals surface area contributed by atoms with Gasteiger partial charge >= 0.3 is 0 Å². The number of nitrogens with zero attached hydrogens (tertiary/aromatic N) is 1. The molecule has 1 aromatic heterocycles. The highest BCUT2D eigenvalue weighted by atomic mass is 32.1. The molecule has 0 aliphatic rings. The van der Waals surface area contributed by atoms with Gasteiger partial charge < -0.3 is 5.73 Å². The monoisotopic (exact) mass is 222 g/mol. The van der Waals surface area contributed by atoms with Gasteiger partial charge in [-0.05, 0) is 31.7 Å². The quantitative estimate of drug-likeness (QED) is 0.631. The van der Waals surface area contributed by atoms with E-state index in [-0.39, 0.29) is 5.78 Å². The van der Waals surface area contributed by atoms with Gasteiger partial charge in [0.25, 0.3) is 0 Å². The number of carbonyl (C=O) groups is 1. The number of aromatic nitrogens is 1. The summed E-state index contributed by atoms with van der Waals surface area (Å²) < 4.78 is 0. The molecule has 0 amide bonds. The highest BCUT2D eigenvalue weighted by molar-refractivity contribution is 7.14. The van der Waals surface area contributed by atoms with Crippen LogP contribution in [0.2, 0.25) is 0 Å². The second-order valence-electron chi connectivity index (χ2n) is 3.22. The van der Waals surface area contributed by atoms with Crippen molar-refractivity contribution < 1.29 is 4.79 Å². The van der Waals surface area contributed by atoms with Gasteiger partial charge in [0.1, 0.15) is 5.01 Å². The Labute approximate surface area is 93.3 Å². The van der Waals surface area contributed by atoms with E-state index in [4.69, 9.17) is 5.73 Å². The molecule has 0 unspecified atom stereocenters. The predicted molar refractivity (Wildman–Crippen MR) is 63.8 cm³/mol. The van der Waals surface area contributed by atoms with E-state index in [0.29, 0.717) is 0 Å². The third-order valence-electron chi connectivity index (χ3n) is 1.91. The van der Waals surface area contributed by atoms with Gasteiger partial charge in [0.05, 0.1) is 10.6 Å². The standard InChI is InChI=1S/C11H14N2OS/c1-7(5-4-6-12)11-13-8(2)10(15-11)9(3)14/h4-6H,12H2,1-3H3/b6-4-,7-5+. The van der Waals surface area contributed by atoms with Crippen molar-refractivity contribution in [1.29, 1.82) is 0 Å². The maximum absolute atomic E-state index is 11.2. The first-order valence-corrected chi connectivity index (χ1v) is 5.41. The highest BCUT2D eigenvalue weighted by Gasteiger charge is 2.11. The number of allylic oxidation sites excluding steroid dienone is 3. The van der Waals surface area contributed by atoms with Gasteiger partial charge in [0, 0.05) is 6.92 Å². The molecular weight excluding hydrogens is 208 g/mol. The van der Waals surface area contributed by atoms with Crippen molar-refractivity contribution in [2.24, 2.45) is 5.73 Å². The fourth-order valence-electron chi connectivity index (χ4n) is 1.16. The molecule has 0 atom stereocenters. The van der Waals surface area contributed by atoms with Gasteiger partial charge in [-0.1, -0.05) is 6.08 Å². The molecule has 1 aromatic rings. The molecular formula is C11H14N2OS. The third-order valence-corrected chi connectivity index (χ3v) is 3.30. The maximum atomic E-state index is 11.2. The molecule has 0 aromatic carbocycles. The summed E-state index contributed by atoms with van der Waals surface area (Å²) in [5.74, 6) is 0.0680. The number of thiazole rings is 1. The lowest BCUT2D eigenvalue weighted by Gasteiger charge is -1.90. The average Bonchev–Trinajstić information content (AvgIpc) is 2.56. The molecule has 0 aliphatic carbocycles. The van der Waals surface area contributed by atoms with E-state index < -0.39 is 0 Å². The van der Waals surface area contributed by atoms with Crippen LogP contribution in [0.3, 0.4) is 0 Å². The van der Waals surface area contributed by atoms with E-state index in [1.54, 1.807) is 13.0 Å². The van der Waals surface area contributed by atoms with E-state index >= 15 is 0 Å². The summed E-state index contributed by atoms with van der Waals surface area (Å²) in [6, 6.07) is 0. The minimum absolute atomic E-state index is 0.0680. The Hall–Kier alpha value is -1.42. The summed E-state index contributed by atoms with van der Waals surface area (Å²) in [4.78, 5) is 16.3. The molecule has 0 bridgehead atoms. The van der Waals surface area contributed by atoms with Crippen molar-refractivity contribution in [2.45, 2.75) is 20.8 Å². The summed E-state index contributed by atoms with van der Waals surface area (Å²) in [5, 5.41) is 0.871. The summed E-state index contributed by atoms with van der Waals surface area (Å²) in [6.07, 6.45) is 5.09. The lowest BCUT2D eigenvalue weighted by Crippen LogP contribution is -1.89. The Morgan fingerprint density at radius 2 is 2.13 bits per heavy atom. The molecule has 1 rings (SSSR count). The van der Waals surface area contributed by atoms with Crippen molar-refractivity contribution in [3.63, 3.8) is 0 Å². The van der Waals surface area contributed by atoms with Crippen LogP contribution in [0, 0.1) is 6.92 Å². The van der Waals surface area contributed by atoms with Crippen LogP contribution in [0.15, 0.2) is 18.4 Å². The zero-order valence-electron chi connectivity index (χ0n) is 9.07. The number of Topliss-reactive ketones (excluding diaryl/α,β-unsaturated/α-hetero) is 1. The number of hydrogen-bond donors (Lipinski definition) is 1. The van der Waals surface area contributed by atoms with Crippen molar-refractivity contribution in [3.05, 3.63) is 33.9 Å². The van der Waals surface area contributed by atoms with E-state index in [1.165, 1.54) is 17.5 Å². The van der Waals surface area contributed by atoms with Gasteiger partial charge in [-0.15, -0.1) is 11.3 Å². The molecule has 0 spiro atoms. The normalized spacial score (nSPS) is 12.3. The molecule has 0 fully saturated rings. The van der Waals surface area contributed by atoms with E-state index in [1.807, 2.05) is 19.9 Å². The molecule has 2 N–H and O–H groups in total. The van der Waals surface area contributed by atoms with E-state index in [2.05, 4.69) is 4.98 Å². The Bertz CT molecular complexity index is 430. The van der Waals surface area contributed by atoms with Crippen molar-refractivity contribution >= 4 is 22.7 Å². The number of hydrogen-bond acceptors (Lipinski definition) is 4. The van der Waals surface area contributed by atoms with Gasteiger partial charge in [-0.2, -0.15) is 0 Å². The Kier molecular flexibility index (Phi) is 3.80. The molecule has 15 heavy (non-hydrogen) atoms. The van der Waals surface area contributed by atoms with Crippen LogP contribution in [0.4, 0.5) is 0 Å². The number of carbonyl (C=O) groups excluding carboxylic acids is 1. The van der Waals surface area contributed by atoms with Crippen LogP contribution in [0.25, 0.3) is 5.57 Å². The van der Waals surface area contributed by atoms with Crippen LogP contribution in [-0.4, -0.2) is 10.8 Å². The molecule has 0 radical (unpaired) electrons. The topological polar surface area (TPSA) is 56.0 Å². The fraction of sp³-hybridized carbons (Fsp3) is 0.273. The molecule has 0 saturated carbocycles. The smallest absolute Gasteiger partial charge is 0.171 e. The van der Waals surface area contributed by atoms with E-state index in [9.17, 15) is 4.79 Å². The SMILES string of the molecule is CC(=O)c1sc(/C(C)=C/C=C\N)nc1C. The predicted octanol–water partition coefficient (Wildman–Crippen LogP) is 2.53. The number of aryl methyl sites for hydroxylation is 1. The second-order valence-corrected chi connectivity index (χ2v) is 4.22. The first kappa shape index (κ1) is 11.7. The van der Waals surface area contributed by atoms with Crippen LogP contribution >= 0.6 is 11.3 Å². The summed E-state index contributed by atoms with van der Waals surface area (Å²) in [5.41, 5.74) is 7.05. The average molecular weight is 222 g/mol. The summed E-state index contributed by atoms with van der Waals surface area (Å²) in [7, 11) is 0. The third kappa shape index (κ3) is 2.76. The number of nitrogens with two attached hydrogens (primary N) is 1. The Balaban J connectivity index is 3.07. The molecule has 0 aliphatic heterocycles. The maximum Gasteiger partial charge on any atom is 0.171 e. The summed E-state index contributed by atoms with van der Waals surface area (Å²) in [6.45, 7) is 5.36. The lowest BCUT2D eigenvalue weighted by molar-refractivity contribution is 0.102. The summed E-state index contributed by atoms with van der Waals surface area (Å²) >= 11 is 1.42. The number of ketones is 1. The van der Waals surface area contributed by atoms with Crippen LogP contribution < -0.4 is 5.73 Å². The minimum Gasteiger partial charge on any atom is -0.405 e. The molecule has 1 heterocycles. The first-order valence-electron chi connectivity index (χ1n) is 4.60. The van der Waals surface area contributed by atoms with Crippen molar-refractivity contribution in [3.8, 4) is 0 Å². The Morgan fingerprint density at radius 3 is 2.60 bits per heavy atom. The lowest BCUT2D eigenvalue weighted by atomic mass is 10.3. The van der Waals surface area contributed by atoms with Crippen molar-refractivity contribution in [1.82, 2.24) is 4.98 Å². The first-order chi connectivity index (χ1) is 7.06. The van der Waals surface area contributed by atoms with Gasteiger partial charge in [0.2, 0.25) is 0 Å². The molecule has 80 valence electrons. The largest absolute Gasteiger partial charge is 0.405 e. The van der Waals surface area contributed by atoms with Gasteiger partial charge in [0.15, 0.2) is 5.78 Å². The zero-order chi connectivity index (χ0) is 11.4. The van der Waals surface area contributed by atoms with Gasteiger partial charge in [-0.3, -0.25) is 4.79 Å². The van der Waals surface area contributed by atoms with Gasteiger partial charge in [-0.25, -0.2) is 4.98 Å². The van der Waals surface area contributed by atoms with Crippen LogP contribution in [-0.2, 0) is 0 Å². The van der Waals surface area contributed by atoms with E-state index in [0.717, 1.165) is 21.2 Å². The molecule has 3 nitrogen and oxygen atoms in total. The zero-order valence-corrected chi connectivity index (χ0v) is 9.89.